The average molecular weight is 1090 g/mol. The molecule has 2 N–H and O–H groups in total. The summed E-state index contributed by atoms with van der Waals surface area (Å²) in [7, 11) is -3.34. The number of amides is 4. The second-order valence-corrected chi connectivity index (χ2v) is 31.3. The van der Waals surface area contributed by atoms with Gasteiger partial charge in [-0.25, -0.2) is 9.59 Å². The van der Waals surface area contributed by atoms with Gasteiger partial charge in [0.1, 0.15) is 29.5 Å². The molecule has 74 heavy (non-hydrogen) atoms. The van der Waals surface area contributed by atoms with Gasteiger partial charge in [-0.05, 0) is 95.9 Å². The minimum Gasteiger partial charge on any atom is -0.508 e. The Morgan fingerprint density at radius 3 is 1.09 bits per heavy atom. The van der Waals surface area contributed by atoms with E-state index in [0.29, 0.717) is 11.1 Å². The molecule has 7 rings (SSSR count). The number of methoxy groups -OCH3 is 2. The van der Waals surface area contributed by atoms with Crippen LogP contribution in [0.3, 0.4) is 0 Å². The Morgan fingerprint density at radius 2 is 0.824 bits per heavy atom. The highest BCUT2D eigenvalue weighted by molar-refractivity contribution is 6.74. The summed E-state index contributed by atoms with van der Waals surface area (Å²) in [5.74, 6) is -6.26. The smallest absolute Gasteiger partial charge is 0.332 e. The molecule has 4 amide bonds. The number of imide groups is 2. The molecule has 0 spiro atoms. The van der Waals surface area contributed by atoms with Crippen LogP contribution in [0.4, 0.5) is 0 Å². The zero-order valence-corrected chi connectivity index (χ0v) is 46.5. The summed E-state index contributed by atoms with van der Waals surface area (Å²) in [5, 5.41) is 21.6. The van der Waals surface area contributed by atoms with Crippen LogP contribution in [0.2, 0.25) is 46.3 Å². The van der Waals surface area contributed by atoms with Crippen molar-refractivity contribution in [3.8, 4) is 34.5 Å². The van der Waals surface area contributed by atoms with Gasteiger partial charge in [-0.3, -0.25) is 29.0 Å². The fourth-order valence-corrected chi connectivity index (χ4v) is 11.0. The van der Waals surface area contributed by atoms with Gasteiger partial charge in [0.15, 0.2) is 40.2 Å². The van der Waals surface area contributed by atoms with Crippen LogP contribution in [0.15, 0.2) is 97.1 Å². The lowest BCUT2D eigenvalue weighted by Gasteiger charge is -2.42. The number of benzene rings is 5. The standard InChI is InChI=1S/C54H58Cl2N2O14Si2/c1-53(2,3)73(9,10)71-45(42(51(65)67-7)57-47(61)32-17-13-14-18-33(32)48(57)62)29-21-23-38(36(55)25-29)69-40-27-31(59)28-41(44(40)60)70-39-24-22-30(26-37(39)56)46(72-74(11,12)54(4,5)6)43(52(66)68-8)58-49(63)34-19-15-16-20-35(34)50(58)64/h13-28,42-43,45-46,59-60H,1-12H3/t42-,43+,45-,46-/m1/s1. The van der Waals surface area contributed by atoms with Crippen molar-refractivity contribution in [1.29, 1.82) is 0 Å². The Labute approximate surface area is 441 Å². The molecule has 0 aliphatic carbocycles. The molecule has 0 radical (unpaired) electrons. The van der Waals surface area contributed by atoms with Gasteiger partial charge < -0.3 is 38.0 Å². The number of hydrogen-bond acceptors (Lipinski definition) is 14. The number of rotatable bonds is 16. The molecule has 390 valence electrons. The zero-order valence-electron chi connectivity index (χ0n) is 43.0. The molecule has 5 aromatic carbocycles. The summed E-state index contributed by atoms with van der Waals surface area (Å²) in [5.41, 5.74) is 1.08. The van der Waals surface area contributed by atoms with E-state index in [4.69, 9.17) is 51.0 Å². The van der Waals surface area contributed by atoms with Gasteiger partial charge in [-0.15, -0.1) is 0 Å². The third kappa shape index (κ3) is 10.4. The van der Waals surface area contributed by atoms with Crippen molar-refractivity contribution in [3.05, 3.63) is 140 Å². The summed E-state index contributed by atoms with van der Waals surface area (Å²) in [6.45, 7) is 19.7. The van der Waals surface area contributed by atoms with Gasteiger partial charge in [-0.2, -0.15) is 0 Å². The molecule has 5 aromatic rings. The summed E-state index contributed by atoms with van der Waals surface area (Å²) < 4.78 is 36.4. The maximum atomic E-state index is 13.9. The first kappa shape index (κ1) is 55.2. The average Bonchev–Trinajstić information content (AvgIpc) is 3.73. The molecular formula is C54H58Cl2N2O14Si2. The van der Waals surface area contributed by atoms with Crippen LogP contribution in [-0.4, -0.2) is 98.5 Å². The predicted octanol–water partition coefficient (Wildman–Crippen LogP) is 11.8. The van der Waals surface area contributed by atoms with Crippen LogP contribution in [0, 0.1) is 0 Å². The van der Waals surface area contributed by atoms with Gasteiger partial charge in [0.2, 0.25) is 5.75 Å². The van der Waals surface area contributed by atoms with Crippen molar-refractivity contribution >= 4 is 75.4 Å². The largest absolute Gasteiger partial charge is 0.508 e. The van der Waals surface area contributed by atoms with E-state index >= 15 is 0 Å². The Bertz CT molecular complexity index is 2820. The van der Waals surface area contributed by atoms with Crippen LogP contribution >= 0.6 is 23.2 Å². The zero-order chi connectivity index (χ0) is 54.6. The molecule has 2 aliphatic heterocycles. The second-order valence-electron chi connectivity index (χ2n) is 21.0. The van der Waals surface area contributed by atoms with E-state index in [-0.39, 0.29) is 55.3 Å². The molecule has 16 nitrogen and oxygen atoms in total. The van der Waals surface area contributed by atoms with Crippen LogP contribution in [0.5, 0.6) is 34.5 Å². The van der Waals surface area contributed by atoms with Crippen molar-refractivity contribution in [3.63, 3.8) is 0 Å². The van der Waals surface area contributed by atoms with Crippen molar-refractivity contribution < 1.29 is 66.8 Å². The lowest BCUT2D eigenvalue weighted by molar-refractivity contribution is -0.149. The lowest BCUT2D eigenvalue weighted by Crippen LogP contribution is -2.53. The maximum absolute atomic E-state index is 13.9. The van der Waals surface area contributed by atoms with E-state index in [0.717, 1.165) is 36.2 Å². The topological polar surface area (TPSA) is 205 Å². The van der Waals surface area contributed by atoms with E-state index in [9.17, 15) is 39.0 Å². The van der Waals surface area contributed by atoms with Gasteiger partial charge in [0, 0.05) is 12.1 Å². The van der Waals surface area contributed by atoms with Crippen LogP contribution in [0.1, 0.15) is 106 Å². The van der Waals surface area contributed by atoms with Gasteiger partial charge in [-0.1, -0.05) is 101 Å². The summed E-state index contributed by atoms with van der Waals surface area (Å²) >= 11 is 13.8. The third-order valence-corrected chi connectivity index (χ3v) is 23.7. The highest BCUT2D eigenvalue weighted by Gasteiger charge is 2.53. The maximum Gasteiger partial charge on any atom is 0.332 e. The Balaban J connectivity index is 1.21. The summed E-state index contributed by atoms with van der Waals surface area (Å²) in [6, 6.07) is 20.4. The first-order valence-corrected chi connectivity index (χ1v) is 30.1. The van der Waals surface area contributed by atoms with E-state index < -0.39 is 98.1 Å². The monoisotopic (exact) mass is 1080 g/mol. The normalized spacial score (nSPS) is 15.6. The highest BCUT2D eigenvalue weighted by Crippen LogP contribution is 2.49. The third-order valence-electron chi connectivity index (χ3n) is 14.2. The van der Waals surface area contributed by atoms with E-state index in [1.807, 2.05) is 67.7 Å². The van der Waals surface area contributed by atoms with Crippen LogP contribution in [0.25, 0.3) is 0 Å². The van der Waals surface area contributed by atoms with Gasteiger partial charge in [0.25, 0.3) is 23.6 Å². The molecule has 0 fully saturated rings. The molecule has 2 heterocycles. The molecule has 0 saturated heterocycles. The lowest BCUT2D eigenvalue weighted by atomic mass is 10.0. The molecule has 0 unspecified atom stereocenters. The number of nitrogens with zero attached hydrogens (tertiary/aromatic N) is 2. The first-order valence-electron chi connectivity index (χ1n) is 23.5. The number of carbonyl (C=O) groups excluding carboxylic acids is 6. The molecule has 2 aliphatic rings. The first-order chi connectivity index (χ1) is 34.5. The van der Waals surface area contributed by atoms with Crippen molar-refractivity contribution in [2.75, 3.05) is 14.2 Å². The fourth-order valence-electron chi connectivity index (χ4n) is 8.02. The number of hydrogen-bond donors (Lipinski definition) is 2. The number of phenols is 2. The molecule has 4 atom stereocenters. The highest BCUT2D eigenvalue weighted by atomic mass is 35.5. The quantitative estimate of drug-likeness (QED) is 0.0408. The van der Waals surface area contributed by atoms with Crippen LogP contribution in [-0.2, 0) is 27.9 Å². The molecule has 0 bridgehead atoms. The molecule has 20 heteroatoms. The number of phenolic OH excluding ortho intramolecular Hbond substituents is 2. The van der Waals surface area contributed by atoms with E-state index in [1.165, 1.54) is 60.7 Å². The second kappa shape index (κ2) is 20.6. The SMILES string of the molecule is COC(=O)[C@H]([C@H](O[Si](C)(C)C(C)(C)C)c1ccc(Oc2cc(O)cc(Oc3ccc([C@@H](O[Si](C)(C)C(C)(C)C)[C@H](C(=O)OC)N4C(=O)c5ccccc5C4=O)cc3Cl)c2O)c(Cl)c1)N1C(=O)c2ccccc2C1=O. The minimum absolute atomic E-state index is 0.0305. The number of carbonyl (C=O) groups is 6. The Kier molecular flexibility index (Phi) is 15.4. The van der Waals surface area contributed by atoms with Crippen molar-refractivity contribution in [1.82, 2.24) is 9.80 Å². The number of ether oxygens (including phenoxy) is 4. The number of aromatic hydroxyl groups is 2. The number of esters is 2. The van der Waals surface area contributed by atoms with E-state index in [2.05, 4.69) is 0 Å². The van der Waals surface area contributed by atoms with E-state index in [1.54, 1.807) is 24.3 Å². The fraction of sp³-hybridized carbons (Fsp3) is 0.333. The van der Waals surface area contributed by atoms with Crippen LogP contribution < -0.4 is 9.47 Å². The number of fused-ring (bicyclic) bond motifs is 2. The molecule has 0 saturated carbocycles. The predicted molar refractivity (Wildman–Crippen MR) is 280 cm³/mol. The number of halogens is 2. The Hall–Kier alpha value is -6.55. The van der Waals surface area contributed by atoms with Crippen molar-refractivity contribution in [2.24, 2.45) is 0 Å². The molecule has 0 aromatic heterocycles. The molecular weight excluding hydrogens is 1030 g/mol. The van der Waals surface area contributed by atoms with Gasteiger partial charge >= 0.3 is 11.9 Å². The van der Waals surface area contributed by atoms with Gasteiger partial charge in [0.05, 0.1) is 46.5 Å². The van der Waals surface area contributed by atoms with Crippen molar-refractivity contribution in [2.45, 2.75) is 102 Å². The summed E-state index contributed by atoms with van der Waals surface area (Å²) in [4.78, 5) is 84.9. The minimum atomic E-state index is -2.82. The Morgan fingerprint density at radius 1 is 0.514 bits per heavy atom. The summed E-state index contributed by atoms with van der Waals surface area (Å²) in [6.07, 6.45) is -2.55.